The van der Waals surface area contributed by atoms with Gasteiger partial charge >= 0.3 is 5.63 Å². The smallest absolute Gasteiger partial charge is 0.344 e. The maximum Gasteiger partial charge on any atom is 0.344 e. The standard InChI is InChI=1S/C32H25N5O4/c1-19-6-2-3-7-22(19)29-34-30-27-25(20-10-12-21(13-11-20)36-14-16-39-17-15-36)26-28(41-31(27)33-18-37(30)35-29)23-8-4-5-9-24(23)40-32(26)38/h2-13,18,25H,14-17H2,1H3. The molecule has 0 aliphatic carbocycles. The van der Waals surface area contributed by atoms with Crippen molar-refractivity contribution in [2.45, 2.75) is 12.8 Å². The second-order valence-corrected chi connectivity index (χ2v) is 10.3. The fourth-order valence-corrected chi connectivity index (χ4v) is 5.90. The van der Waals surface area contributed by atoms with Crippen molar-refractivity contribution in [3.63, 3.8) is 0 Å². The fraction of sp³-hybridized carbons (Fsp3) is 0.188. The lowest BCUT2D eigenvalue weighted by Crippen LogP contribution is -2.36. The van der Waals surface area contributed by atoms with Crippen LogP contribution in [0, 0.1) is 6.92 Å². The highest BCUT2D eigenvalue weighted by Crippen LogP contribution is 2.49. The Balaban J connectivity index is 1.36. The number of hydrogen-bond acceptors (Lipinski definition) is 8. The number of hydrogen-bond donors (Lipinski definition) is 0. The molecule has 41 heavy (non-hydrogen) atoms. The molecule has 202 valence electrons. The second-order valence-electron chi connectivity index (χ2n) is 10.3. The van der Waals surface area contributed by atoms with E-state index in [1.807, 2.05) is 49.4 Å². The van der Waals surface area contributed by atoms with E-state index in [1.54, 1.807) is 16.9 Å². The topological polar surface area (TPSA) is 95.0 Å². The summed E-state index contributed by atoms with van der Waals surface area (Å²) in [4.78, 5) is 25.6. The summed E-state index contributed by atoms with van der Waals surface area (Å²) in [6, 6.07) is 23.7. The van der Waals surface area contributed by atoms with E-state index in [1.165, 1.54) is 0 Å². The molecule has 0 N–H and O–H groups in total. The van der Waals surface area contributed by atoms with E-state index < -0.39 is 11.5 Å². The molecule has 2 aliphatic heterocycles. The molecule has 1 fully saturated rings. The number of nitrogens with zero attached hydrogens (tertiary/aromatic N) is 5. The molecule has 0 amide bonds. The summed E-state index contributed by atoms with van der Waals surface area (Å²) in [6.45, 7) is 5.11. The third-order valence-electron chi connectivity index (χ3n) is 7.95. The van der Waals surface area contributed by atoms with Crippen LogP contribution in [-0.2, 0) is 4.74 Å². The highest BCUT2D eigenvalue weighted by molar-refractivity contribution is 5.87. The van der Waals surface area contributed by atoms with E-state index in [4.69, 9.17) is 24.0 Å². The van der Waals surface area contributed by atoms with E-state index >= 15 is 0 Å². The van der Waals surface area contributed by atoms with Gasteiger partial charge in [-0.1, -0.05) is 48.5 Å². The van der Waals surface area contributed by atoms with Crippen LogP contribution in [0.3, 0.4) is 0 Å². The lowest BCUT2D eigenvalue weighted by molar-refractivity contribution is 0.122. The fourth-order valence-electron chi connectivity index (χ4n) is 5.90. The molecule has 0 saturated carbocycles. The van der Waals surface area contributed by atoms with E-state index in [-0.39, 0.29) is 0 Å². The van der Waals surface area contributed by atoms with Crippen LogP contribution in [0.1, 0.15) is 28.2 Å². The average Bonchev–Trinajstić information content (AvgIpc) is 3.45. The maximum atomic E-state index is 13.7. The van der Waals surface area contributed by atoms with Gasteiger partial charge in [-0.2, -0.15) is 0 Å². The number of morpholine rings is 1. The molecular formula is C32H25N5O4. The zero-order valence-electron chi connectivity index (χ0n) is 22.3. The monoisotopic (exact) mass is 543 g/mol. The van der Waals surface area contributed by atoms with Crippen LogP contribution >= 0.6 is 0 Å². The van der Waals surface area contributed by atoms with Crippen molar-refractivity contribution < 1.29 is 13.9 Å². The van der Waals surface area contributed by atoms with Crippen LogP contribution in [0.25, 0.3) is 28.0 Å². The molecule has 1 atom stereocenters. The van der Waals surface area contributed by atoms with Crippen molar-refractivity contribution in [3.05, 3.63) is 112 Å². The molecular weight excluding hydrogens is 518 g/mol. The van der Waals surface area contributed by atoms with Gasteiger partial charge in [-0.15, -0.1) is 5.10 Å². The molecule has 3 aromatic carbocycles. The van der Waals surface area contributed by atoms with Gasteiger partial charge in [0.1, 0.15) is 11.9 Å². The third kappa shape index (κ3) is 3.81. The van der Waals surface area contributed by atoms with Gasteiger partial charge in [0.15, 0.2) is 17.2 Å². The number of ether oxygens (including phenoxy) is 2. The number of anilines is 1. The van der Waals surface area contributed by atoms with Crippen LogP contribution in [-0.4, -0.2) is 45.9 Å². The van der Waals surface area contributed by atoms with Crippen molar-refractivity contribution in [1.29, 1.82) is 0 Å². The van der Waals surface area contributed by atoms with Crippen molar-refractivity contribution in [2.24, 2.45) is 0 Å². The summed E-state index contributed by atoms with van der Waals surface area (Å²) in [5.41, 5.74) is 5.70. The maximum absolute atomic E-state index is 13.7. The molecule has 0 spiro atoms. The van der Waals surface area contributed by atoms with Crippen LogP contribution in [0.5, 0.6) is 11.6 Å². The predicted molar refractivity (Wildman–Crippen MR) is 154 cm³/mol. The van der Waals surface area contributed by atoms with Gasteiger partial charge < -0.3 is 18.8 Å². The van der Waals surface area contributed by atoms with E-state index in [2.05, 4.69) is 34.1 Å². The Labute approximate surface area is 234 Å². The van der Waals surface area contributed by atoms with E-state index in [0.29, 0.717) is 58.4 Å². The van der Waals surface area contributed by atoms with Crippen LogP contribution in [0.2, 0.25) is 0 Å². The van der Waals surface area contributed by atoms with Gasteiger partial charge in [-0.05, 0) is 42.3 Å². The average molecular weight is 544 g/mol. The lowest BCUT2D eigenvalue weighted by atomic mass is 9.84. The van der Waals surface area contributed by atoms with Gasteiger partial charge in [0, 0.05) is 24.3 Å². The summed E-state index contributed by atoms with van der Waals surface area (Å²) >= 11 is 0. The zero-order valence-corrected chi connectivity index (χ0v) is 22.3. The number of benzene rings is 3. The Kier molecular flexibility index (Phi) is 5.39. The molecule has 8 rings (SSSR count). The first-order chi connectivity index (χ1) is 20.2. The normalized spacial score (nSPS) is 16.4. The minimum Gasteiger partial charge on any atom is -0.437 e. The molecule has 5 heterocycles. The summed E-state index contributed by atoms with van der Waals surface area (Å²) < 4.78 is 19.4. The zero-order chi connectivity index (χ0) is 27.5. The first-order valence-electron chi connectivity index (χ1n) is 13.6. The first-order valence-corrected chi connectivity index (χ1v) is 13.6. The van der Waals surface area contributed by atoms with Crippen LogP contribution in [0.4, 0.5) is 5.69 Å². The SMILES string of the molecule is Cc1ccccc1-c1nc2c3c(ncn2n1)Oc1c(c(=O)oc2ccccc12)C3c1ccc(N2CCOCC2)cc1. The lowest BCUT2D eigenvalue weighted by Gasteiger charge is -2.30. The third-order valence-corrected chi connectivity index (χ3v) is 7.95. The first kappa shape index (κ1) is 23.8. The number of aryl methyl sites for hydroxylation is 1. The Bertz CT molecular complexity index is 2010. The largest absolute Gasteiger partial charge is 0.437 e. The number of aromatic nitrogens is 4. The minimum absolute atomic E-state index is 0.395. The quantitative estimate of drug-likeness (QED) is 0.276. The number of para-hydroxylation sites is 1. The van der Waals surface area contributed by atoms with Gasteiger partial charge in [0.25, 0.3) is 0 Å². The van der Waals surface area contributed by atoms with Gasteiger partial charge in [0.05, 0.1) is 35.6 Å². The van der Waals surface area contributed by atoms with Crippen LogP contribution < -0.4 is 15.3 Å². The highest BCUT2D eigenvalue weighted by atomic mass is 16.5. The van der Waals surface area contributed by atoms with E-state index in [9.17, 15) is 4.79 Å². The van der Waals surface area contributed by atoms with Gasteiger partial charge in [0.2, 0.25) is 5.88 Å². The summed E-state index contributed by atoms with van der Waals surface area (Å²) in [5, 5.41) is 5.47. The molecule has 3 aromatic heterocycles. The van der Waals surface area contributed by atoms with Crippen molar-refractivity contribution >= 4 is 22.3 Å². The Morgan fingerprint density at radius 2 is 1.68 bits per heavy atom. The molecule has 9 nitrogen and oxygen atoms in total. The summed E-state index contributed by atoms with van der Waals surface area (Å²) in [5.74, 6) is 0.906. The molecule has 9 heteroatoms. The molecule has 1 saturated heterocycles. The van der Waals surface area contributed by atoms with Crippen molar-refractivity contribution in [3.8, 4) is 23.0 Å². The van der Waals surface area contributed by atoms with Gasteiger partial charge in [-0.25, -0.2) is 19.3 Å². The van der Waals surface area contributed by atoms with Gasteiger partial charge in [-0.3, -0.25) is 0 Å². The molecule has 0 radical (unpaired) electrons. The Morgan fingerprint density at radius 3 is 2.51 bits per heavy atom. The number of fused-ring (bicyclic) bond motifs is 6. The summed E-state index contributed by atoms with van der Waals surface area (Å²) in [7, 11) is 0. The minimum atomic E-state index is -0.529. The summed E-state index contributed by atoms with van der Waals surface area (Å²) in [6.07, 6.45) is 1.61. The molecule has 0 bridgehead atoms. The van der Waals surface area contributed by atoms with Crippen molar-refractivity contribution in [2.75, 3.05) is 31.2 Å². The molecule has 6 aromatic rings. The van der Waals surface area contributed by atoms with Crippen molar-refractivity contribution in [1.82, 2.24) is 19.6 Å². The van der Waals surface area contributed by atoms with E-state index in [0.717, 1.165) is 35.5 Å². The predicted octanol–water partition coefficient (Wildman–Crippen LogP) is 5.33. The Morgan fingerprint density at radius 1 is 0.902 bits per heavy atom. The highest BCUT2D eigenvalue weighted by Gasteiger charge is 2.37. The molecule has 1 unspecified atom stereocenters. The Hall–Kier alpha value is -5.02. The van der Waals surface area contributed by atoms with Crippen LogP contribution in [0.15, 0.2) is 88.3 Å². The second kappa shape index (κ2) is 9.28. The number of rotatable bonds is 3. The molecule has 2 aliphatic rings.